The smallest absolute Gasteiger partial charge is 0.315 e. The van der Waals surface area contributed by atoms with E-state index in [2.05, 4.69) is 47.3 Å². The monoisotopic (exact) mass is 260 g/mol. The van der Waals surface area contributed by atoms with Gasteiger partial charge in [-0.2, -0.15) is 0 Å². The van der Waals surface area contributed by atoms with E-state index in [1.54, 1.807) is 0 Å². The highest BCUT2D eigenvalue weighted by molar-refractivity contribution is 5.23. The molecule has 2 heterocycles. The third kappa shape index (κ3) is 3.77. The molecule has 0 fully saturated rings. The Morgan fingerprint density at radius 2 is 2.21 bits per heavy atom. The van der Waals surface area contributed by atoms with Crippen LogP contribution in [0.1, 0.15) is 37.4 Å². The van der Waals surface area contributed by atoms with Crippen molar-refractivity contribution < 1.29 is 4.42 Å². The first-order chi connectivity index (χ1) is 9.19. The number of anilines is 1. The molecule has 2 aromatic heterocycles. The first kappa shape index (κ1) is 13.5. The maximum absolute atomic E-state index is 5.51. The van der Waals surface area contributed by atoms with E-state index in [1.807, 2.05) is 12.3 Å². The van der Waals surface area contributed by atoms with Gasteiger partial charge in [0.1, 0.15) is 0 Å². The molecule has 0 aliphatic heterocycles. The number of pyridine rings is 1. The van der Waals surface area contributed by atoms with Crippen molar-refractivity contribution in [3.05, 3.63) is 35.5 Å². The molecule has 0 bridgehead atoms. The first-order valence-electron chi connectivity index (χ1n) is 6.68. The molecule has 1 N–H and O–H groups in total. The van der Waals surface area contributed by atoms with Gasteiger partial charge in [-0.3, -0.25) is 4.98 Å². The second kappa shape index (κ2) is 6.31. The van der Waals surface area contributed by atoms with Gasteiger partial charge in [0, 0.05) is 30.8 Å². The van der Waals surface area contributed by atoms with Crippen LogP contribution in [0, 0.1) is 6.92 Å². The minimum Gasteiger partial charge on any atom is -0.408 e. The number of aryl methyl sites for hydroxylation is 2. The highest BCUT2D eigenvalue weighted by atomic mass is 16.4. The summed E-state index contributed by atoms with van der Waals surface area (Å²) < 4.78 is 5.51. The molecule has 0 aliphatic rings. The lowest BCUT2D eigenvalue weighted by molar-refractivity contribution is 0.496. The molecule has 0 amide bonds. The Labute approximate surface area is 113 Å². The summed E-state index contributed by atoms with van der Waals surface area (Å²) in [5.41, 5.74) is 2.30. The van der Waals surface area contributed by atoms with Gasteiger partial charge in [0.2, 0.25) is 5.89 Å². The molecule has 0 unspecified atom stereocenters. The number of hydrogen-bond acceptors (Lipinski definition) is 5. The van der Waals surface area contributed by atoms with E-state index < -0.39 is 0 Å². The molecule has 0 spiro atoms. The van der Waals surface area contributed by atoms with Gasteiger partial charge in [-0.05, 0) is 31.9 Å². The Morgan fingerprint density at radius 1 is 1.37 bits per heavy atom. The van der Waals surface area contributed by atoms with Crippen molar-refractivity contribution in [2.24, 2.45) is 0 Å². The molecule has 19 heavy (non-hydrogen) atoms. The van der Waals surface area contributed by atoms with Gasteiger partial charge < -0.3 is 9.73 Å². The number of aromatic nitrogens is 3. The van der Waals surface area contributed by atoms with E-state index in [4.69, 9.17) is 4.42 Å². The maximum atomic E-state index is 5.51. The third-order valence-corrected chi connectivity index (χ3v) is 2.92. The zero-order valence-corrected chi connectivity index (χ0v) is 11.7. The molecular weight excluding hydrogens is 240 g/mol. The van der Waals surface area contributed by atoms with E-state index in [-0.39, 0.29) is 6.04 Å². The fourth-order valence-corrected chi connectivity index (χ4v) is 1.91. The van der Waals surface area contributed by atoms with Crippen LogP contribution in [0.15, 0.2) is 22.7 Å². The minimum atomic E-state index is 0.198. The van der Waals surface area contributed by atoms with E-state index in [0.29, 0.717) is 11.9 Å². The van der Waals surface area contributed by atoms with Crippen LogP contribution >= 0.6 is 0 Å². The molecule has 5 heteroatoms. The van der Waals surface area contributed by atoms with Gasteiger partial charge in [0.05, 0.1) is 0 Å². The van der Waals surface area contributed by atoms with Crippen molar-refractivity contribution in [1.29, 1.82) is 0 Å². The van der Waals surface area contributed by atoms with Crippen LogP contribution in [0.2, 0.25) is 0 Å². The zero-order chi connectivity index (χ0) is 13.7. The molecule has 0 radical (unpaired) electrons. The predicted octanol–water partition coefficient (Wildman–Crippen LogP) is 2.77. The summed E-state index contributed by atoms with van der Waals surface area (Å²) in [6.07, 6.45) is 4.48. The summed E-state index contributed by atoms with van der Waals surface area (Å²) in [5, 5.41) is 11.2. The van der Waals surface area contributed by atoms with Crippen molar-refractivity contribution in [3.63, 3.8) is 0 Å². The number of rotatable bonds is 6. The lowest BCUT2D eigenvalue weighted by Crippen LogP contribution is -2.19. The van der Waals surface area contributed by atoms with Crippen molar-refractivity contribution in [3.8, 4) is 0 Å². The van der Waals surface area contributed by atoms with Gasteiger partial charge in [-0.25, -0.2) is 0 Å². The molecule has 102 valence electrons. The fourth-order valence-electron chi connectivity index (χ4n) is 1.91. The highest BCUT2D eigenvalue weighted by Gasteiger charge is 2.11. The molecule has 0 saturated carbocycles. The Balaban J connectivity index is 1.93. The van der Waals surface area contributed by atoms with E-state index >= 15 is 0 Å². The van der Waals surface area contributed by atoms with Crippen LogP contribution < -0.4 is 5.32 Å². The van der Waals surface area contributed by atoms with Crippen molar-refractivity contribution in [2.45, 2.75) is 46.1 Å². The van der Waals surface area contributed by atoms with Crippen LogP contribution in [-0.4, -0.2) is 21.2 Å². The van der Waals surface area contributed by atoms with Gasteiger partial charge in [0.25, 0.3) is 0 Å². The average Bonchev–Trinajstić information content (AvgIpc) is 2.80. The molecule has 0 aliphatic carbocycles. The van der Waals surface area contributed by atoms with Gasteiger partial charge in [-0.15, -0.1) is 5.10 Å². The van der Waals surface area contributed by atoms with Crippen LogP contribution in [0.5, 0.6) is 0 Å². The van der Waals surface area contributed by atoms with Crippen molar-refractivity contribution in [1.82, 2.24) is 15.2 Å². The zero-order valence-electron chi connectivity index (χ0n) is 11.7. The minimum absolute atomic E-state index is 0.198. The van der Waals surface area contributed by atoms with E-state index in [0.717, 1.165) is 25.0 Å². The second-order valence-electron chi connectivity index (χ2n) is 4.77. The summed E-state index contributed by atoms with van der Waals surface area (Å²) in [4.78, 5) is 4.39. The summed E-state index contributed by atoms with van der Waals surface area (Å²) in [6.45, 7) is 6.24. The quantitative estimate of drug-likeness (QED) is 0.865. The average molecular weight is 260 g/mol. The summed E-state index contributed by atoms with van der Waals surface area (Å²) in [7, 11) is 0. The van der Waals surface area contributed by atoms with E-state index in [1.165, 1.54) is 5.56 Å². The normalized spacial score (nSPS) is 12.4. The molecule has 5 nitrogen and oxygen atoms in total. The number of hydrogen-bond donors (Lipinski definition) is 1. The molecule has 2 rings (SSSR count). The fraction of sp³-hybridized carbons (Fsp3) is 0.500. The standard InChI is InChI=1S/C14H20N4O/c1-4-6-13-17-18-14(19-13)16-11(3)9-12-10(2)7-5-8-15-12/h5,7-8,11H,4,6,9H2,1-3H3,(H,16,18)/t11-/m0/s1. The van der Waals surface area contributed by atoms with Crippen LogP contribution in [-0.2, 0) is 12.8 Å². The second-order valence-corrected chi connectivity index (χ2v) is 4.77. The van der Waals surface area contributed by atoms with Crippen LogP contribution in [0.4, 0.5) is 6.01 Å². The van der Waals surface area contributed by atoms with Crippen molar-refractivity contribution in [2.75, 3.05) is 5.32 Å². The molecular formula is C14H20N4O. The Kier molecular flexibility index (Phi) is 4.49. The van der Waals surface area contributed by atoms with Gasteiger partial charge in [0.15, 0.2) is 0 Å². The largest absolute Gasteiger partial charge is 0.408 e. The molecule has 0 aromatic carbocycles. The summed E-state index contributed by atoms with van der Waals surface area (Å²) >= 11 is 0. The van der Waals surface area contributed by atoms with Gasteiger partial charge in [-0.1, -0.05) is 18.1 Å². The number of nitrogens with one attached hydrogen (secondary N) is 1. The van der Waals surface area contributed by atoms with Crippen LogP contribution in [0.3, 0.4) is 0 Å². The van der Waals surface area contributed by atoms with E-state index in [9.17, 15) is 0 Å². The molecule has 1 atom stereocenters. The number of nitrogens with zero attached hydrogens (tertiary/aromatic N) is 3. The van der Waals surface area contributed by atoms with Crippen LogP contribution in [0.25, 0.3) is 0 Å². The third-order valence-electron chi connectivity index (χ3n) is 2.92. The summed E-state index contributed by atoms with van der Waals surface area (Å²) in [6, 6.07) is 4.71. The molecule has 2 aromatic rings. The predicted molar refractivity (Wildman–Crippen MR) is 74.1 cm³/mol. The lowest BCUT2D eigenvalue weighted by Gasteiger charge is -2.12. The molecule has 0 saturated heterocycles. The van der Waals surface area contributed by atoms with Gasteiger partial charge >= 0.3 is 6.01 Å². The Bertz CT molecular complexity index is 524. The first-order valence-corrected chi connectivity index (χ1v) is 6.68. The Morgan fingerprint density at radius 3 is 2.95 bits per heavy atom. The lowest BCUT2D eigenvalue weighted by atomic mass is 10.1. The maximum Gasteiger partial charge on any atom is 0.315 e. The van der Waals surface area contributed by atoms with Crippen molar-refractivity contribution >= 4 is 6.01 Å². The Hall–Kier alpha value is -1.91. The highest BCUT2D eigenvalue weighted by Crippen LogP contribution is 2.12. The SMILES string of the molecule is CCCc1nnc(N[C@@H](C)Cc2ncccc2C)o1. The summed E-state index contributed by atoms with van der Waals surface area (Å²) in [5.74, 6) is 0.686. The topological polar surface area (TPSA) is 63.8 Å².